The van der Waals surface area contributed by atoms with Crippen molar-refractivity contribution in [3.63, 3.8) is 0 Å². The molecule has 7 atom stereocenters. The topological polar surface area (TPSA) is 172 Å². The highest BCUT2D eigenvalue weighted by Gasteiger charge is 2.52. The Labute approximate surface area is 248 Å². The number of aliphatic hydroxyl groups is 3. The van der Waals surface area contributed by atoms with E-state index in [0.717, 1.165) is 16.8 Å². The number of ether oxygens (including phenoxy) is 4. The summed E-state index contributed by atoms with van der Waals surface area (Å²) >= 11 is 0. The molecular weight excluding hydrogens is 591 g/mol. The number of halogens is 3. The van der Waals surface area contributed by atoms with Crippen LogP contribution < -0.4 is 9.64 Å². The molecule has 1 aromatic heterocycles. The molecule has 0 bridgehead atoms. The zero-order valence-electron chi connectivity index (χ0n) is 23.4. The summed E-state index contributed by atoms with van der Waals surface area (Å²) in [6.07, 6.45) is -5.63. The van der Waals surface area contributed by atoms with Crippen molar-refractivity contribution in [2.75, 3.05) is 38.9 Å². The van der Waals surface area contributed by atoms with Gasteiger partial charge in [-0.05, 0) is 24.3 Å². The molecule has 0 spiro atoms. The van der Waals surface area contributed by atoms with Gasteiger partial charge in [0.05, 0.1) is 50.8 Å². The van der Waals surface area contributed by atoms with Crippen molar-refractivity contribution in [3.8, 4) is 23.1 Å². The number of rotatable bonds is 8. The number of nitrogens with zero attached hydrogens (tertiary/aromatic N) is 5. The Balaban J connectivity index is 1.56. The lowest BCUT2D eigenvalue weighted by atomic mass is 9.91. The quantitative estimate of drug-likeness (QED) is 0.303. The Morgan fingerprint density at radius 2 is 1.89 bits per heavy atom. The Morgan fingerprint density at radius 1 is 1.16 bits per heavy atom. The maximum Gasteiger partial charge on any atom is 0.259 e. The van der Waals surface area contributed by atoms with Crippen LogP contribution in [0.1, 0.15) is 11.6 Å². The molecule has 2 aliphatic rings. The molecule has 5 rings (SSSR count). The number of anilines is 1. The van der Waals surface area contributed by atoms with Crippen LogP contribution in [-0.4, -0.2) is 107 Å². The summed E-state index contributed by atoms with van der Waals surface area (Å²) in [5.41, 5.74) is 0.0875. The van der Waals surface area contributed by atoms with Gasteiger partial charge in [-0.2, -0.15) is 5.26 Å². The minimum Gasteiger partial charge on any atom is -0.497 e. The molecule has 1 amide bonds. The highest BCUT2D eigenvalue weighted by atomic mass is 19.2. The number of carbonyl (C=O) groups is 1. The van der Waals surface area contributed by atoms with Crippen LogP contribution in [0, 0.1) is 28.8 Å². The number of aromatic nitrogens is 3. The summed E-state index contributed by atoms with van der Waals surface area (Å²) in [5.74, 6) is -5.08. The molecule has 0 radical (unpaired) electrons. The number of nitriles is 1. The first kappa shape index (κ1) is 31.3. The van der Waals surface area contributed by atoms with Gasteiger partial charge >= 0.3 is 0 Å². The minimum absolute atomic E-state index is 0.0664. The van der Waals surface area contributed by atoms with Gasteiger partial charge in [-0.3, -0.25) is 4.79 Å². The Morgan fingerprint density at radius 3 is 2.48 bits per heavy atom. The molecule has 44 heavy (non-hydrogen) atoms. The van der Waals surface area contributed by atoms with Crippen molar-refractivity contribution in [1.29, 1.82) is 5.26 Å². The largest absolute Gasteiger partial charge is 0.497 e. The van der Waals surface area contributed by atoms with E-state index in [0.29, 0.717) is 0 Å². The number of benzene rings is 2. The van der Waals surface area contributed by atoms with Crippen LogP contribution in [-0.2, 0) is 19.0 Å². The molecule has 2 saturated heterocycles. The molecule has 0 saturated carbocycles. The highest BCUT2D eigenvalue weighted by molar-refractivity contribution is 5.98. The lowest BCUT2D eigenvalue weighted by molar-refractivity contribution is -0.211. The Hall–Kier alpha value is -4.11. The van der Waals surface area contributed by atoms with E-state index < -0.39 is 72.6 Å². The average Bonchev–Trinajstić information content (AvgIpc) is 3.68. The second kappa shape index (κ2) is 12.9. The van der Waals surface area contributed by atoms with E-state index in [4.69, 9.17) is 18.9 Å². The molecule has 234 valence electrons. The lowest BCUT2D eigenvalue weighted by Crippen LogP contribution is -2.63. The van der Waals surface area contributed by atoms with E-state index in [1.54, 1.807) is 0 Å². The van der Waals surface area contributed by atoms with Crippen molar-refractivity contribution in [2.45, 2.75) is 42.6 Å². The van der Waals surface area contributed by atoms with E-state index in [-0.39, 0.29) is 41.5 Å². The summed E-state index contributed by atoms with van der Waals surface area (Å²) in [7, 11) is 2.62. The maximum absolute atomic E-state index is 14.4. The second-order valence-corrected chi connectivity index (χ2v) is 10.2. The van der Waals surface area contributed by atoms with Gasteiger partial charge in [0, 0.05) is 24.4 Å². The van der Waals surface area contributed by atoms with Gasteiger partial charge < -0.3 is 39.2 Å². The molecule has 3 aromatic rings. The summed E-state index contributed by atoms with van der Waals surface area (Å²) in [6, 6.07) is 5.61. The first-order chi connectivity index (χ1) is 21.1. The van der Waals surface area contributed by atoms with Crippen LogP contribution in [0.15, 0.2) is 36.5 Å². The molecule has 2 fully saturated rings. The third kappa shape index (κ3) is 5.73. The number of amides is 1. The molecular formula is C28H28F3N5O8. The summed E-state index contributed by atoms with van der Waals surface area (Å²) in [6.45, 7) is -0.876. The van der Waals surface area contributed by atoms with Crippen molar-refractivity contribution in [2.24, 2.45) is 0 Å². The molecule has 3 heterocycles. The monoisotopic (exact) mass is 619 g/mol. The van der Waals surface area contributed by atoms with Crippen molar-refractivity contribution < 1.29 is 52.2 Å². The molecule has 13 nitrogen and oxygen atoms in total. The van der Waals surface area contributed by atoms with Crippen molar-refractivity contribution in [3.05, 3.63) is 59.5 Å². The third-order valence-electron chi connectivity index (χ3n) is 7.60. The average molecular weight is 620 g/mol. The van der Waals surface area contributed by atoms with Crippen LogP contribution >= 0.6 is 0 Å². The summed E-state index contributed by atoms with van der Waals surface area (Å²) in [5, 5.41) is 49.4. The van der Waals surface area contributed by atoms with E-state index in [9.17, 15) is 38.5 Å². The number of methoxy groups -OCH3 is 2. The van der Waals surface area contributed by atoms with Gasteiger partial charge in [0.1, 0.15) is 41.9 Å². The Kier molecular flexibility index (Phi) is 9.15. The van der Waals surface area contributed by atoms with Crippen molar-refractivity contribution in [1.82, 2.24) is 15.0 Å². The van der Waals surface area contributed by atoms with Crippen LogP contribution in [0.4, 0.5) is 18.9 Å². The van der Waals surface area contributed by atoms with E-state index in [1.807, 2.05) is 6.07 Å². The van der Waals surface area contributed by atoms with Crippen LogP contribution in [0.3, 0.4) is 0 Å². The van der Waals surface area contributed by atoms with Crippen LogP contribution in [0.5, 0.6) is 5.75 Å². The van der Waals surface area contributed by atoms with Crippen LogP contribution in [0.25, 0.3) is 11.3 Å². The number of aliphatic hydroxyl groups excluding tert-OH is 3. The molecule has 16 heteroatoms. The normalized spacial score (nSPS) is 26.8. The molecule has 2 aromatic carbocycles. The number of hydrogen-bond donors (Lipinski definition) is 3. The first-order valence-corrected chi connectivity index (χ1v) is 13.3. The third-order valence-corrected chi connectivity index (χ3v) is 7.60. The standard InChI is InChI=1S/C28H28F3N5O8/c1-41-16-4-13(8-32)3-15(7-16)36(20-11-43-12-21(20)38)28(40)27-26(42-2)24(25(39)22(10-37)44-27)35-9-19(33-34-35)14-5-17(29)23(31)18(30)6-14/h3-7,9,20-22,24-27,37-39H,10-12H2,1-2H3/t20-,21-,22-,24+,25+,26-,27-/m1/s1. The van der Waals surface area contributed by atoms with Crippen LogP contribution in [0.2, 0.25) is 0 Å². The minimum atomic E-state index is -1.66. The Bertz CT molecular complexity index is 1550. The van der Waals surface area contributed by atoms with Gasteiger partial charge in [-0.15, -0.1) is 5.10 Å². The van der Waals surface area contributed by atoms with Gasteiger partial charge in [0.15, 0.2) is 23.6 Å². The van der Waals surface area contributed by atoms with Gasteiger partial charge in [0.25, 0.3) is 5.91 Å². The van der Waals surface area contributed by atoms with Gasteiger partial charge in [0.2, 0.25) is 0 Å². The maximum atomic E-state index is 14.4. The highest BCUT2D eigenvalue weighted by Crippen LogP contribution is 2.36. The van der Waals surface area contributed by atoms with E-state index >= 15 is 0 Å². The zero-order valence-corrected chi connectivity index (χ0v) is 23.4. The SMILES string of the molecule is COc1cc(C#N)cc(N(C(=O)[C@@H]2O[C@H](CO)[C@H](O)[C@H](n3cc(-c4cc(F)c(F)c(F)c4)nn3)[C@H]2OC)[C@@H]2COC[C@H]2O)c1. The number of hydrogen-bond acceptors (Lipinski definition) is 11. The summed E-state index contributed by atoms with van der Waals surface area (Å²) in [4.78, 5) is 15.6. The fourth-order valence-corrected chi connectivity index (χ4v) is 5.42. The predicted molar refractivity (Wildman–Crippen MR) is 143 cm³/mol. The molecule has 0 unspecified atom stereocenters. The molecule has 2 aliphatic heterocycles. The van der Waals surface area contributed by atoms with Gasteiger partial charge in [-0.1, -0.05) is 5.21 Å². The zero-order chi connectivity index (χ0) is 31.7. The number of carbonyl (C=O) groups excluding carboxylic acids is 1. The van der Waals surface area contributed by atoms with Crippen molar-refractivity contribution >= 4 is 11.6 Å². The lowest BCUT2D eigenvalue weighted by Gasteiger charge is -2.45. The summed E-state index contributed by atoms with van der Waals surface area (Å²) < 4.78 is 64.6. The molecule has 0 aliphatic carbocycles. The fraction of sp³-hybridized carbons (Fsp3) is 0.429. The second-order valence-electron chi connectivity index (χ2n) is 10.2. The first-order valence-electron chi connectivity index (χ1n) is 13.3. The fourth-order valence-electron chi connectivity index (χ4n) is 5.42. The van der Waals surface area contributed by atoms with E-state index in [2.05, 4.69) is 10.3 Å². The molecule has 3 N–H and O–H groups in total. The smallest absolute Gasteiger partial charge is 0.259 e. The van der Waals surface area contributed by atoms with E-state index in [1.165, 1.54) is 43.5 Å². The van der Waals surface area contributed by atoms with Gasteiger partial charge in [-0.25, -0.2) is 17.9 Å². The predicted octanol–water partition coefficient (Wildman–Crippen LogP) is 0.712.